The smallest absolute Gasteiger partial charge is 0.410 e. The second-order valence-corrected chi connectivity index (χ2v) is 7.61. The van der Waals surface area contributed by atoms with Gasteiger partial charge in [-0.15, -0.1) is 0 Å². The molecular weight excluding hydrogens is 314 g/mol. The number of ether oxygens (including phenoxy) is 1. The molecule has 1 N–H and O–H groups in total. The van der Waals surface area contributed by atoms with E-state index in [9.17, 15) is 4.79 Å². The third-order valence-corrected chi connectivity index (χ3v) is 5.58. The van der Waals surface area contributed by atoms with Crippen molar-refractivity contribution in [2.75, 3.05) is 39.3 Å². The van der Waals surface area contributed by atoms with Gasteiger partial charge in [0.1, 0.15) is 6.61 Å². The van der Waals surface area contributed by atoms with Crippen molar-refractivity contribution >= 4 is 6.09 Å². The molecule has 0 saturated carbocycles. The highest BCUT2D eigenvalue weighted by Crippen LogP contribution is 2.23. The Morgan fingerprint density at radius 2 is 1.88 bits per heavy atom. The number of carbonyl (C=O) groups excluding carboxylic acids is 1. The van der Waals surface area contributed by atoms with Crippen molar-refractivity contribution in [3.63, 3.8) is 0 Å². The topological polar surface area (TPSA) is 44.8 Å². The fraction of sp³-hybridized carbons (Fsp3) is 0.650. The van der Waals surface area contributed by atoms with Crippen LogP contribution < -0.4 is 5.32 Å². The van der Waals surface area contributed by atoms with E-state index < -0.39 is 0 Å². The van der Waals surface area contributed by atoms with Crippen LogP contribution in [0.3, 0.4) is 0 Å². The van der Waals surface area contributed by atoms with E-state index in [0.717, 1.165) is 56.7 Å². The van der Waals surface area contributed by atoms with Crippen LogP contribution in [0, 0.1) is 11.8 Å². The van der Waals surface area contributed by atoms with Crippen LogP contribution in [-0.4, -0.2) is 61.2 Å². The molecule has 3 atom stereocenters. The molecule has 1 amide bonds. The van der Waals surface area contributed by atoms with E-state index in [1.165, 1.54) is 6.42 Å². The van der Waals surface area contributed by atoms with E-state index in [1.807, 2.05) is 35.2 Å². The van der Waals surface area contributed by atoms with Gasteiger partial charge in [0.15, 0.2) is 0 Å². The molecule has 2 saturated heterocycles. The molecule has 5 heteroatoms. The summed E-state index contributed by atoms with van der Waals surface area (Å²) >= 11 is 0. The number of carbonyl (C=O) groups is 1. The summed E-state index contributed by atoms with van der Waals surface area (Å²) in [5, 5.41) is 3.56. The van der Waals surface area contributed by atoms with Gasteiger partial charge in [-0.25, -0.2) is 4.79 Å². The van der Waals surface area contributed by atoms with Crippen molar-refractivity contribution in [1.82, 2.24) is 15.1 Å². The van der Waals surface area contributed by atoms with Crippen LogP contribution >= 0.6 is 0 Å². The molecule has 138 valence electrons. The number of piperidine rings is 1. The Morgan fingerprint density at radius 3 is 2.60 bits per heavy atom. The molecule has 0 radical (unpaired) electrons. The standard InChI is InChI=1S/C20H31N3O2/c1-16-13-21-17(2)12-19(16)14-22-8-10-23(11-9-22)20(24)25-15-18-6-4-3-5-7-18/h3-7,16-17,19,21H,8-15H2,1-2H3. The van der Waals surface area contributed by atoms with Crippen LogP contribution in [0.25, 0.3) is 0 Å². The van der Waals surface area contributed by atoms with Crippen LogP contribution in [-0.2, 0) is 11.3 Å². The first kappa shape index (κ1) is 18.2. The predicted molar refractivity (Wildman–Crippen MR) is 99.4 cm³/mol. The Kier molecular flexibility index (Phi) is 6.32. The van der Waals surface area contributed by atoms with Crippen molar-refractivity contribution in [1.29, 1.82) is 0 Å². The van der Waals surface area contributed by atoms with Gasteiger partial charge in [-0.3, -0.25) is 4.90 Å². The highest BCUT2D eigenvalue weighted by molar-refractivity contribution is 5.67. The van der Waals surface area contributed by atoms with Crippen molar-refractivity contribution < 1.29 is 9.53 Å². The second-order valence-electron chi connectivity index (χ2n) is 7.61. The summed E-state index contributed by atoms with van der Waals surface area (Å²) < 4.78 is 5.44. The molecule has 0 aliphatic carbocycles. The minimum Gasteiger partial charge on any atom is -0.445 e. The van der Waals surface area contributed by atoms with Gasteiger partial charge in [-0.05, 0) is 37.3 Å². The van der Waals surface area contributed by atoms with Gasteiger partial charge in [0.2, 0.25) is 0 Å². The SMILES string of the molecule is CC1CC(CN2CCN(C(=O)OCc3ccccc3)CC2)C(C)CN1. The molecule has 2 heterocycles. The number of hydrogen-bond acceptors (Lipinski definition) is 4. The molecule has 2 fully saturated rings. The number of benzene rings is 1. The molecule has 3 unspecified atom stereocenters. The largest absolute Gasteiger partial charge is 0.445 e. The van der Waals surface area contributed by atoms with Crippen LogP contribution in [0.5, 0.6) is 0 Å². The lowest BCUT2D eigenvalue weighted by molar-refractivity contribution is 0.0610. The van der Waals surface area contributed by atoms with Crippen molar-refractivity contribution in [2.45, 2.75) is 32.9 Å². The number of nitrogens with zero attached hydrogens (tertiary/aromatic N) is 2. The van der Waals surface area contributed by atoms with E-state index in [2.05, 4.69) is 24.1 Å². The number of rotatable bonds is 4. The highest BCUT2D eigenvalue weighted by atomic mass is 16.6. The Balaban J connectivity index is 1.40. The monoisotopic (exact) mass is 345 g/mol. The lowest BCUT2D eigenvalue weighted by Gasteiger charge is -2.40. The van der Waals surface area contributed by atoms with Gasteiger partial charge in [-0.2, -0.15) is 0 Å². The van der Waals surface area contributed by atoms with Gasteiger partial charge in [-0.1, -0.05) is 37.3 Å². The van der Waals surface area contributed by atoms with Gasteiger partial charge in [0.05, 0.1) is 0 Å². The first-order valence-corrected chi connectivity index (χ1v) is 9.53. The fourth-order valence-corrected chi connectivity index (χ4v) is 3.83. The summed E-state index contributed by atoms with van der Waals surface area (Å²) in [5.41, 5.74) is 1.03. The van der Waals surface area contributed by atoms with E-state index in [-0.39, 0.29) is 6.09 Å². The molecule has 0 aromatic heterocycles. The fourth-order valence-electron chi connectivity index (χ4n) is 3.83. The summed E-state index contributed by atoms with van der Waals surface area (Å²) in [5.74, 6) is 1.48. The van der Waals surface area contributed by atoms with Gasteiger partial charge in [0.25, 0.3) is 0 Å². The molecular formula is C20H31N3O2. The van der Waals surface area contributed by atoms with E-state index in [0.29, 0.717) is 12.6 Å². The number of piperazine rings is 1. The van der Waals surface area contributed by atoms with Crippen LogP contribution in [0.15, 0.2) is 30.3 Å². The second kappa shape index (κ2) is 8.68. The summed E-state index contributed by atoms with van der Waals surface area (Å²) in [6.07, 6.45) is 1.06. The average Bonchev–Trinajstić information content (AvgIpc) is 2.64. The zero-order valence-corrected chi connectivity index (χ0v) is 15.5. The molecule has 1 aromatic carbocycles. The maximum atomic E-state index is 12.2. The summed E-state index contributed by atoms with van der Waals surface area (Å²) in [6.45, 7) is 10.7. The molecule has 3 rings (SSSR count). The first-order chi connectivity index (χ1) is 12.1. The third-order valence-electron chi connectivity index (χ3n) is 5.58. The Bertz CT molecular complexity index is 543. The summed E-state index contributed by atoms with van der Waals surface area (Å²) in [7, 11) is 0. The van der Waals surface area contributed by atoms with Crippen molar-refractivity contribution in [3.8, 4) is 0 Å². The Morgan fingerprint density at radius 1 is 1.16 bits per heavy atom. The van der Waals surface area contributed by atoms with Crippen molar-refractivity contribution in [3.05, 3.63) is 35.9 Å². The third kappa shape index (κ3) is 5.19. The zero-order chi connectivity index (χ0) is 17.6. The molecule has 25 heavy (non-hydrogen) atoms. The van der Waals surface area contributed by atoms with E-state index in [4.69, 9.17) is 4.74 Å². The molecule has 2 aliphatic heterocycles. The van der Waals surface area contributed by atoms with E-state index in [1.54, 1.807) is 0 Å². The molecule has 1 aromatic rings. The van der Waals surface area contributed by atoms with Crippen LogP contribution in [0.4, 0.5) is 4.79 Å². The number of amides is 1. The number of hydrogen-bond donors (Lipinski definition) is 1. The Hall–Kier alpha value is -1.59. The summed E-state index contributed by atoms with van der Waals surface area (Å²) in [6, 6.07) is 10.5. The van der Waals surface area contributed by atoms with Crippen molar-refractivity contribution in [2.24, 2.45) is 11.8 Å². The predicted octanol–water partition coefficient (Wildman–Crippen LogP) is 2.57. The molecule has 5 nitrogen and oxygen atoms in total. The maximum absolute atomic E-state index is 12.2. The molecule has 2 aliphatic rings. The molecule has 0 spiro atoms. The van der Waals surface area contributed by atoms with Crippen LogP contribution in [0.1, 0.15) is 25.8 Å². The minimum absolute atomic E-state index is 0.188. The van der Waals surface area contributed by atoms with Gasteiger partial charge < -0.3 is 15.0 Å². The first-order valence-electron chi connectivity index (χ1n) is 9.53. The molecule has 0 bridgehead atoms. The zero-order valence-electron chi connectivity index (χ0n) is 15.5. The highest BCUT2D eigenvalue weighted by Gasteiger charge is 2.29. The lowest BCUT2D eigenvalue weighted by atomic mass is 9.84. The van der Waals surface area contributed by atoms with Gasteiger partial charge >= 0.3 is 6.09 Å². The quantitative estimate of drug-likeness (QED) is 0.911. The minimum atomic E-state index is -0.188. The number of nitrogens with one attached hydrogen (secondary N) is 1. The average molecular weight is 345 g/mol. The lowest BCUT2D eigenvalue weighted by Crippen LogP contribution is -2.52. The summed E-state index contributed by atoms with van der Waals surface area (Å²) in [4.78, 5) is 16.6. The van der Waals surface area contributed by atoms with Crippen LogP contribution in [0.2, 0.25) is 0 Å². The van der Waals surface area contributed by atoms with Gasteiger partial charge in [0, 0.05) is 38.8 Å². The maximum Gasteiger partial charge on any atom is 0.410 e. The van der Waals surface area contributed by atoms with E-state index >= 15 is 0 Å². The Labute approximate surface area is 151 Å². The normalized spacial score (nSPS) is 27.9.